The van der Waals surface area contributed by atoms with Crippen LogP contribution in [0, 0.1) is 0 Å². The molecule has 0 spiro atoms. The summed E-state index contributed by atoms with van der Waals surface area (Å²) in [5.41, 5.74) is 1.81. The maximum absolute atomic E-state index is 14.1. The smallest absolute Gasteiger partial charge is 0.408 e. The van der Waals surface area contributed by atoms with Gasteiger partial charge in [-0.25, -0.2) is 4.79 Å². The lowest BCUT2D eigenvalue weighted by Crippen LogP contribution is -2.59. The number of ketones is 3. The molecule has 4 aliphatic rings. The average molecular weight is 1030 g/mol. The quantitative estimate of drug-likeness (QED) is 0.0421. The Labute approximate surface area is 424 Å². The van der Waals surface area contributed by atoms with E-state index in [2.05, 4.69) is 26.3 Å². The number of fused-ring (bicyclic) bond motifs is 3. The van der Waals surface area contributed by atoms with Gasteiger partial charge in [-0.05, 0) is 64.6 Å². The van der Waals surface area contributed by atoms with E-state index >= 15 is 0 Å². The molecule has 3 aromatic rings. The molecule has 9 atom stereocenters. The van der Waals surface area contributed by atoms with Gasteiger partial charge in [0.25, 0.3) is 0 Å². The second kappa shape index (κ2) is 23.4. The van der Waals surface area contributed by atoms with Crippen LogP contribution in [0.1, 0.15) is 113 Å². The maximum Gasteiger partial charge on any atom is 0.408 e. The number of amides is 5. The van der Waals surface area contributed by atoms with E-state index in [9.17, 15) is 63.9 Å². The number of aliphatic hydroxyl groups is 3. The molecule has 7 rings (SSSR count). The molecule has 24 heteroatoms. The Morgan fingerprint density at radius 3 is 2.46 bits per heavy atom. The number of phenols is 2. The highest BCUT2D eigenvalue weighted by Gasteiger charge is 2.51. The number of Topliss-reactive ketones (excluding diaryl/α,β-unsaturated/α-hetero) is 1. The molecule has 2 aliphatic carbocycles. The lowest BCUT2D eigenvalue weighted by atomic mass is 9.72. The number of nitrogens with two attached hydrogens (primary N) is 1. The highest BCUT2D eigenvalue weighted by atomic mass is 16.7. The molecule has 0 radical (unpaired) electrons. The van der Waals surface area contributed by atoms with Crippen molar-refractivity contribution < 1.29 is 82.8 Å². The van der Waals surface area contributed by atoms with Gasteiger partial charge in [0.2, 0.25) is 29.4 Å². The Kier molecular flexibility index (Phi) is 17.3. The Balaban J connectivity index is 0.996. The SMILES string of the molecule is COc1cccc2c1C(=O)c1c(O)c3c(c(O)c1C2=O)C[C@@](O)(C(=O)CO)C[C@@H]3OC1CC(NC(=O)[C@@H]2CCCN2C(=O)CNC(=O)[C@H](C)NC(=O)[C@H](CCCCN)NC(=O)OCc2cccnc2)C(O)C(C)O1. The summed E-state index contributed by atoms with van der Waals surface area (Å²) in [6.45, 7) is 1.59. The van der Waals surface area contributed by atoms with Crippen LogP contribution in [-0.2, 0) is 51.2 Å². The number of nitrogens with one attached hydrogen (secondary N) is 4. The summed E-state index contributed by atoms with van der Waals surface area (Å²) in [6, 6.07) is 3.23. The van der Waals surface area contributed by atoms with Crippen LogP contribution in [0.5, 0.6) is 17.2 Å². The highest BCUT2D eigenvalue weighted by molar-refractivity contribution is 6.31. The van der Waals surface area contributed by atoms with Gasteiger partial charge in [-0.3, -0.25) is 38.5 Å². The molecular formula is C50H61N7O17. The third-order valence-corrected chi connectivity index (χ3v) is 13.8. The van der Waals surface area contributed by atoms with Crippen LogP contribution in [-0.4, -0.2) is 164 Å². The van der Waals surface area contributed by atoms with Gasteiger partial charge < -0.3 is 76.4 Å². The Bertz CT molecular complexity index is 2670. The van der Waals surface area contributed by atoms with E-state index in [1.54, 1.807) is 18.3 Å². The maximum atomic E-state index is 14.1. The summed E-state index contributed by atoms with van der Waals surface area (Å²) >= 11 is 0. The van der Waals surface area contributed by atoms with Crippen molar-refractivity contribution in [3.63, 3.8) is 0 Å². The number of aromatic nitrogens is 1. The van der Waals surface area contributed by atoms with Crippen molar-refractivity contribution in [2.24, 2.45) is 5.73 Å². The molecule has 0 saturated carbocycles. The topological polar surface area (TPSA) is 365 Å². The van der Waals surface area contributed by atoms with Crippen molar-refractivity contribution in [1.82, 2.24) is 31.2 Å². The number of alkyl carbamates (subject to hydrolysis) is 1. The molecule has 74 heavy (non-hydrogen) atoms. The van der Waals surface area contributed by atoms with Gasteiger partial charge in [0.1, 0.15) is 60.3 Å². The lowest BCUT2D eigenvalue weighted by molar-refractivity contribution is -0.249. The number of pyridine rings is 1. The first-order chi connectivity index (χ1) is 35.3. The molecule has 2 aliphatic heterocycles. The molecule has 2 saturated heterocycles. The summed E-state index contributed by atoms with van der Waals surface area (Å²) in [6.07, 6.45) is -2.86. The number of hydrogen-bond acceptors (Lipinski definition) is 19. The second-order valence-corrected chi connectivity index (χ2v) is 18.7. The predicted octanol–water partition coefficient (Wildman–Crippen LogP) is -0.410. The number of unbranched alkanes of at least 4 members (excludes halogenated alkanes) is 1. The first-order valence-electron chi connectivity index (χ1n) is 24.2. The third kappa shape index (κ3) is 11.5. The van der Waals surface area contributed by atoms with Crippen LogP contribution in [0.25, 0.3) is 0 Å². The minimum absolute atomic E-state index is 0.0218. The van der Waals surface area contributed by atoms with E-state index in [1.165, 1.54) is 50.3 Å². The van der Waals surface area contributed by atoms with Gasteiger partial charge >= 0.3 is 6.09 Å². The molecule has 4 unspecified atom stereocenters. The highest BCUT2D eigenvalue weighted by Crippen LogP contribution is 2.52. The molecule has 0 bridgehead atoms. The van der Waals surface area contributed by atoms with Crippen LogP contribution < -0.4 is 31.7 Å². The fraction of sp³-hybridized carbons (Fsp3) is 0.500. The Morgan fingerprint density at radius 2 is 1.76 bits per heavy atom. The van der Waals surface area contributed by atoms with Gasteiger partial charge in [-0.2, -0.15) is 0 Å². The van der Waals surface area contributed by atoms with Crippen LogP contribution in [0.15, 0.2) is 42.7 Å². The zero-order chi connectivity index (χ0) is 53.6. The molecule has 1 aromatic heterocycles. The molecule has 2 fully saturated rings. The van der Waals surface area contributed by atoms with Gasteiger partial charge in [-0.15, -0.1) is 0 Å². The number of rotatable bonds is 19. The van der Waals surface area contributed by atoms with E-state index in [-0.39, 0.29) is 60.4 Å². The molecular weight excluding hydrogens is 971 g/mol. The minimum Gasteiger partial charge on any atom is -0.507 e. The summed E-state index contributed by atoms with van der Waals surface area (Å²) < 4.78 is 22.8. The zero-order valence-electron chi connectivity index (χ0n) is 41.0. The van der Waals surface area contributed by atoms with Crippen molar-refractivity contribution in [2.75, 3.05) is 33.4 Å². The van der Waals surface area contributed by atoms with E-state index in [4.69, 9.17) is 24.7 Å². The fourth-order valence-corrected chi connectivity index (χ4v) is 9.85. The standard InChI is InChI=1S/C50H61N7O17/c1-24(54-47(67)29(11-4-5-14-51)56-49(69)72-23-26-9-7-15-52-20-26)46(66)53-21-35(60)57-16-8-12-31(57)48(68)55-30-17-36(73-25(2)41(30)61)74-33-19-50(70,34(59)22-58)18-28-38(33)45(65)40-39(43(28)63)42(62)27-10-6-13-32(71-3)37(27)44(40)64/h6-7,9-10,13,15,20,24-25,29-31,33,36,41,58,61,63,65,70H,4-5,8,11-12,14,16-19,21-23,51H2,1-3H3,(H,53,66)(H,54,67)(H,55,68)(H,56,69)/t24-,25?,29-,30?,31-,33-,36?,41?,50-/m0/s1. The molecule has 11 N–H and O–H groups in total. The van der Waals surface area contributed by atoms with Crippen molar-refractivity contribution in [1.29, 1.82) is 0 Å². The van der Waals surface area contributed by atoms with Gasteiger partial charge in [0, 0.05) is 60.5 Å². The minimum atomic E-state index is -2.42. The van der Waals surface area contributed by atoms with Crippen LogP contribution in [0.4, 0.5) is 4.79 Å². The Morgan fingerprint density at radius 1 is 1.00 bits per heavy atom. The van der Waals surface area contributed by atoms with Crippen molar-refractivity contribution in [3.05, 3.63) is 81.7 Å². The number of phenolic OH excluding ortho intramolecular Hbond substituents is 2. The fourth-order valence-electron chi connectivity index (χ4n) is 9.85. The summed E-state index contributed by atoms with van der Waals surface area (Å²) in [5, 5.41) is 66.7. The molecule has 398 valence electrons. The molecule has 5 amide bonds. The largest absolute Gasteiger partial charge is 0.507 e. The van der Waals surface area contributed by atoms with Crippen molar-refractivity contribution in [3.8, 4) is 17.2 Å². The average Bonchev–Trinajstić information content (AvgIpc) is 3.89. The van der Waals surface area contributed by atoms with Crippen molar-refractivity contribution >= 4 is 47.1 Å². The third-order valence-electron chi connectivity index (χ3n) is 13.8. The van der Waals surface area contributed by atoms with E-state index in [1.807, 2.05) is 0 Å². The number of aliphatic hydroxyl groups excluding tert-OH is 2. The summed E-state index contributed by atoms with van der Waals surface area (Å²) in [4.78, 5) is 113. The Hall–Kier alpha value is -7.09. The predicted molar refractivity (Wildman–Crippen MR) is 255 cm³/mol. The number of carbonyl (C=O) groups excluding carboxylic acids is 8. The lowest BCUT2D eigenvalue weighted by Gasteiger charge is -2.43. The summed E-state index contributed by atoms with van der Waals surface area (Å²) in [5.74, 6) is -7.06. The normalized spacial score (nSPS) is 23.8. The van der Waals surface area contributed by atoms with E-state index in [0.717, 1.165) is 0 Å². The first kappa shape index (κ1) is 54.7. The number of carbonyl (C=O) groups is 8. The van der Waals surface area contributed by atoms with E-state index in [0.29, 0.717) is 31.4 Å². The number of methoxy groups -OCH3 is 1. The van der Waals surface area contributed by atoms with Crippen molar-refractivity contribution in [2.45, 2.75) is 126 Å². The molecule has 24 nitrogen and oxygen atoms in total. The number of ether oxygens (including phenoxy) is 4. The monoisotopic (exact) mass is 1030 g/mol. The molecule has 3 heterocycles. The zero-order valence-corrected chi connectivity index (χ0v) is 41.0. The summed E-state index contributed by atoms with van der Waals surface area (Å²) in [7, 11) is 1.28. The number of nitrogens with zero attached hydrogens (tertiary/aromatic N) is 2. The van der Waals surface area contributed by atoms with Gasteiger partial charge in [0.05, 0.1) is 48.6 Å². The number of benzene rings is 2. The number of aromatic hydroxyl groups is 2. The van der Waals surface area contributed by atoms with Gasteiger partial charge in [0.15, 0.2) is 17.9 Å². The number of hydrogen-bond donors (Lipinski definition) is 10. The molecule has 2 aromatic carbocycles. The van der Waals surface area contributed by atoms with Crippen LogP contribution in [0.3, 0.4) is 0 Å². The number of likely N-dealkylation sites (tertiary alicyclic amines) is 1. The van der Waals surface area contributed by atoms with Crippen LogP contribution in [0.2, 0.25) is 0 Å². The van der Waals surface area contributed by atoms with Gasteiger partial charge in [-0.1, -0.05) is 18.2 Å². The second-order valence-electron chi connectivity index (χ2n) is 18.7. The van der Waals surface area contributed by atoms with E-state index < -0.39 is 150 Å². The first-order valence-corrected chi connectivity index (χ1v) is 24.2. The van der Waals surface area contributed by atoms with Crippen LogP contribution >= 0.6 is 0 Å².